The Morgan fingerprint density at radius 3 is 2.62 bits per heavy atom. The summed E-state index contributed by atoms with van der Waals surface area (Å²) >= 11 is 3.46. The summed E-state index contributed by atoms with van der Waals surface area (Å²) in [5.41, 5.74) is 5.01. The fourth-order valence-electron chi connectivity index (χ4n) is 3.34. The molecule has 1 aliphatic carbocycles. The summed E-state index contributed by atoms with van der Waals surface area (Å²) in [7, 11) is 1.60. The van der Waals surface area contributed by atoms with Gasteiger partial charge in [-0.15, -0.1) is 0 Å². The highest BCUT2D eigenvalue weighted by Crippen LogP contribution is 2.31. The van der Waals surface area contributed by atoms with E-state index in [0.29, 0.717) is 11.8 Å². The Kier molecular flexibility index (Phi) is 5.29. The van der Waals surface area contributed by atoms with Gasteiger partial charge in [0.1, 0.15) is 7.11 Å². The maximum atomic E-state index is 5.09. The average molecular weight is 388 g/mol. The summed E-state index contributed by atoms with van der Waals surface area (Å²) in [4.78, 5) is 5.09. The van der Waals surface area contributed by atoms with Crippen LogP contribution in [0.1, 0.15) is 37.9 Å². The van der Waals surface area contributed by atoms with Gasteiger partial charge in [0.25, 0.3) is 0 Å². The fourth-order valence-corrected chi connectivity index (χ4v) is 3.60. The number of fused-ring (bicyclic) bond motifs is 1. The summed E-state index contributed by atoms with van der Waals surface area (Å²) in [5.74, 6) is 1.22. The van der Waals surface area contributed by atoms with E-state index in [9.17, 15) is 0 Å². The molecule has 0 amide bonds. The molecule has 0 radical (unpaired) electrons. The lowest BCUT2D eigenvalue weighted by Crippen LogP contribution is -2.24. The molecule has 126 valence electrons. The molecule has 2 aromatic rings. The van der Waals surface area contributed by atoms with Gasteiger partial charge in [0.05, 0.1) is 17.1 Å². The molecule has 0 saturated carbocycles. The second kappa shape index (κ2) is 7.43. The summed E-state index contributed by atoms with van der Waals surface area (Å²) in [6.45, 7) is 4.51. The highest BCUT2D eigenvalue weighted by atomic mass is 79.9. The van der Waals surface area contributed by atoms with Crippen LogP contribution in [0.25, 0.3) is 11.3 Å². The van der Waals surface area contributed by atoms with Gasteiger partial charge in [-0.2, -0.15) is 10.2 Å². The average Bonchev–Trinajstić information content (AvgIpc) is 2.55. The quantitative estimate of drug-likeness (QED) is 0.703. The number of hydrogen-bond acceptors (Lipinski definition) is 4. The first-order valence-corrected chi connectivity index (χ1v) is 9.09. The highest BCUT2D eigenvalue weighted by molar-refractivity contribution is 9.10. The molecule has 3 rings (SSSR count). The van der Waals surface area contributed by atoms with Crippen LogP contribution in [0.15, 0.2) is 40.0 Å². The largest absolute Gasteiger partial charge is 0.399 e. The molecule has 1 heterocycles. The highest BCUT2D eigenvalue weighted by Gasteiger charge is 2.27. The second-order valence-electron chi connectivity index (χ2n) is 6.72. The van der Waals surface area contributed by atoms with Crippen LogP contribution in [0, 0.1) is 11.8 Å². The molecule has 1 unspecified atom stereocenters. The van der Waals surface area contributed by atoms with E-state index in [2.05, 4.69) is 51.2 Å². The lowest BCUT2D eigenvalue weighted by molar-refractivity contribution is 0.211. The minimum Gasteiger partial charge on any atom is -0.399 e. The summed E-state index contributed by atoms with van der Waals surface area (Å²) in [6, 6.07) is 10.2. The van der Waals surface area contributed by atoms with Crippen molar-refractivity contribution in [2.75, 3.05) is 7.11 Å². The van der Waals surface area contributed by atoms with Gasteiger partial charge in [0, 0.05) is 15.6 Å². The first kappa shape index (κ1) is 17.1. The molecule has 0 N–H and O–H groups in total. The zero-order valence-corrected chi connectivity index (χ0v) is 15.9. The Morgan fingerprint density at radius 1 is 1.21 bits per heavy atom. The monoisotopic (exact) mass is 387 g/mol. The van der Waals surface area contributed by atoms with Gasteiger partial charge in [-0.1, -0.05) is 47.1 Å². The lowest BCUT2D eigenvalue weighted by atomic mass is 9.81. The second-order valence-corrected chi connectivity index (χ2v) is 7.64. The summed E-state index contributed by atoms with van der Waals surface area (Å²) in [6.07, 6.45) is 3.06. The molecular formula is C19H22BrN3O. The van der Waals surface area contributed by atoms with Crippen LogP contribution in [0.4, 0.5) is 0 Å². The Hall–Kier alpha value is -1.75. The Balaban J connectivity index is 1.97. The molecule has 1 atom stereocenters. The van der Waals surface area contributed by atoms with Gasteiger partial charge >= 0.3 is 0 Å². The first-order valence-electron chi connectivity index (χ1n) is 8.29. The van der Waals surface area contributed by atoms with E-state index in [0.717, 1.165) is 52.0 Å². The van der Waals surface area contributed by atoms with Gasteiger partial charge in [-0.05, 0) is 49.3 Å². The van der Waals surface area contributed by atoms with Crippen molar-refractivity contribution < 1.29 is 4.84 Å². The lowest BCUT2D eigenvalue weighted by Gasteiger charge is -2.25. The molecule has 0 fully saturated rings. The third kappa shape index (κ3) is 3.83. The van der Waals surface area contributed by atoms with Gasteiger partial charge in [0.15, 0.2) is 0 Å². The van der Waals surface area contributed by atoms with Crippen molar-refractivity contribution in [1.82, 2.24) is 10.2 Å². The van der Waals surface area contributed by atoms with Crippen LogP contribution >= 0.6 is 15.9 Å². The van der Waals surface area contributed by atoms with E-state index < -0.39 is 0 Å². The number of nitrogens with zero attached hydrogens (tertiary/aromatic N) is 3. The third-order valence-electron chi connectivity index (χ3n) is 4.29. The Morgan fingerprint density at radius 2 is 1.96 bits per heavy atom. The molecule has 0 spiro atoms. The number of rotatable bonds is 4. The molecule has 0 bridgehead atoms. The molecule has 1 aromatic carbocycles. The molecular weight excluding hydrogens is 366 g/mol. The van der Waals surface area contributed by atoms with E-state index in [4.69, 9.17) is 4.84 Å². The van der Waals surface area contributed by atoms with E-state index in [1.807, 2.05) is 24.3 Å². The molecule has 1 aromatic heterocycles. The van der Waals surface area contributed by atoms with Gasteiger partial charge in [-0.25, -0.2) is 0 Å². The van der Waals surface area contributed by atoms with E-state index >= 15 is 0 Å². The van der Waals surface area contributed by atoms with Gasteiger partial charge < -0.3 is 4.84 Å². The standard InChI is InChI=1S/C19H22BrN3O/c1-12(2)8-13-9-18-16(19(10-13)23-24-3)11-17(21-22-18)14-4-6-15(20)7-5-14/h4-7,11-13H,8-10H2,1-3H3/b23-19+. The van der Waals surface area contributed by atoms with Crippen LogP contribution < -0.4 is 0 Å². The predicted octanol–water partition coefficient (Wildman–Crippen LogP) is 4.87. The maximum absolute atomic E-state index is 5.09. The third-order valence-corrected chi connectivity index (χ3v) is 4.82. The van der Waals surface area contributed by atoms with Crippen molar-refractivity contribution >= 4 is 21.6 Å². The van der Waals surface area contributed by atoms with Crippen molar-refractivity contribution in [1.29, 1.82) is 0 Å². The zero-order valence-electron chi connectivity index (χ0n) is 14.3. The van der Waals surface area contributed by atoms with Crippen LogP contribution in [0.5, 0.6) is 0 Å². The van der Waals surface area contributed by atoms with Gasteiger partial charge in [-0.3, -0.25) is 0 Å². The SMILES string of the molecule is CO/N=C1\CC(CC(C)C)Cc2nnc(-c3ccc(Br)cc3)cc21. The van der Waals surface area contributed by atoms with Crippen LogP contribution in [0.3, 0.4) is 0 Å². The Labute approximate surface area is 151 Å². The smallest absolute Gasteiger partial charge is 0.106 e. The van der Waals surface area contributed by atoms with Crippen LogP contribution in [0.2, 0.25) is 0 Å². The van der Waals surface area contributed by atoms with E-state index in [-0.39, 0.29) is 0 Å². The van der Waals surface area contributed by atoms with Crippen LogP contribution in [-0.4, -0.2) is 23.0 Å². The zero-order chi connectivity index (χ0) is 17.1. The number of halogens is 1. The molecule has 4 nitrogen and oxygen atoms in total. The van der Waals surface area contributed by atoms with Crippen molar-refractivity contribution in [2.45, 2.75) is 33.1 Å². The fraction of sp³-hybridized carbons (Fsp3) is 0.421. The van der Waals surface area contributed by atoms with Gasteiger partial charge in [0.2, 0.25) is 0 Å². The maximum Gasteiger partial charge on any atom is 0.106 e. The number of oxime groups is 1. The predicted molar refractivity (Wildman–Crippen MR) is 100.0 cm³/mol. The molecule has 0 saturated heterocycles. The van der Waals surface area contributed by atoms with Crippen molar-refractivity contribution in [3.8, 4) is 11.3 Å². The van der Waals surface area contributed by atoms with Crippen LogP contribution in [-0.2, 0) is 11.3 Å². The number of aromatic nitrogens is 2. The van der Waals surface area contributed by atoms with Crippen molar-refractivity contribution in [3.63, 3.8) is 0 Å². The van der Waals surface area contributed by atoms with E-state index in [1.165, 1.54) is 0 Å². The molecule has 5 heteroatoms. The molecule has 0 aliphatic heterocycles. The summed E-state index contributed by atoms with van der Waals surface area (Å²) < 4.78 is 1.05. The van der Waals surface area contributed by atoms with Crippen molar-refractivity contribution in [3.05, 3.63) is 46.1 Å². The minimum atomic E-state index is 0.555. The first-order chi connectivity index (χ1) is 11.6. The van der Waals surface area contributed by atoms with Crippen molar-refractivity contribution in [2.24, 2.45) is 17.0 Å². The molecule has 1 aliphatic rings. The molecule has 24 heavy (non-hydrogen) atoms. The minimum absolute atomic E-state index is 0.555. The number of hydrogen-bond donors (Lipinski definition) is 0. The summed E-state index contributed by atoms with van der Waals surface area (Å²) in [5, 5.41) is 13.2. The van der Waals surface area contributed by atoms with E-state index in [1.54, 1.807) is 7.11 Å². The number of benzene rings is 1. The Bertz CT molecular complexity index is 741. The topological polar surface area (TPSA) is 47.4 Å². The normalized spacial score (nSPS) is 18.7.